The molecule has 1 amide bonds. The van der Waals surface area contributed by atoms with E-state index in [1.54, 1.807) is 54.5 Å². The highest BCUT2D eigenvalue weighted by Crippen LogP contribution is 2.32. The van der Waals surface area contributed by atoms with Crippen molar-refractivity contribution in [3.63, 3.8) is 0 Å². The van der Waals surface area contributed by atoms with Gasteiger partial charge in [-0.15, -0.1) is 0 Å². The minimum atomic E-state index is -0.0903. The van der Waals surface area contributed by atoms with Gasteiger partial charge in [-0.3, -0.25) is 14.6 Å². The average molecular weight is 464 g/mol. The zero-order chi connectivity index (χ0) is 23.4. The average Bonchev–Trinajstić information content (AvgIpc) is 3.28. The SMILES string of the molecule is CCC(=O)c1ccc(Oc2ccc(Cl)cc2)c(NCC(=O)N(C)N2Cc3ccccc3C2)c1. The Morgan fingerprint density at radius 1 is 1.03 bits per heavy atom. The number of anilines is 1. The van der Waals surface area contributed by atoms with Gasteiger partial charge in [0.15, 0.2) is 11.5 Å². The predicted octanol–water partition coefficient (Wildman–Crippen LogP) is 5.53. The van der Waals surface area contributed by atoms with E-state index in [0.717, 1.165) is 0 Å². The van der Waals surface area contributed by atoms with Crippen LogP contribution in [-0.4, -0.2) is 35.3 Å². The van der Waals surface area contributed by atoms with Crippen molar-refractivity contribution in [3.8, 4) is 11.5 Å². The van der Waals surface area contributed by atoms with Crippen LogP contribution in [-0.2, 0) is 17.9 Å². The molecule has 7 heteroatoms. The third-order valence-corrected chi connectivity index (χ3v) is 5.96. The van der Waals surface area contributed by atoms with Crippen molar-refractivity contribution in [1.82, 2.24) is 10.0 Å². The lowest BCUT2D eigenvalue weighted by Crippen LogP contribution is -2.43. The minimum Gasteiger partial charge on any atom is -0.455 e. The number of benzene rings is 3. The largest absolute Gasteiger partial charge is 0.455 e. The Kier molecular flexibility index (Phi) is 6.96. The number of carbonyl (C=O) groups excluding carboxylic acids is 2. The highest BCUT2D eigenvalue weighted by molar-refractivity contribution is 6.30. The molecule has 1 aliphatic rings. The van der Waals surface area contributed by atoms with Gasteiger partial charge in [-0.25, -0.2) is 5.01 Å². The zero-order valence-electron chi connectivity index (χ0n) is 18.7. The molecule has 0 saturated heterocycles. The number of ether oxygens (including phenoxy) is 1. The number of rotatable bonds is 8. The summed E-state index contributed by atoms with van der Waals surface area (Å²) in [5, 5.41) is 7.44. The van der Waals surface area contributed by atoms with E-state index in [0.29, 0.717) is 47.3 Å². The number of nitrogens with one attached hydrogen (secondary N) is 1. The van der Waals surface area contributed by atoms with E-state index in [1.807, 2.05) is 24.1 Å². The van der Waals surface area contributed by atoms with E-state index in [1.165, 1.54) is 11.1 Å². The van der Waals surface area contributed by atoms with Crippen molar-refractivity contribution >= 4 is 29.0 Å². The number of hydrogen-bond donors (Lipinski definition) is 1. The molecule has 6 nitrogen and oxygen atoms in total. The number of likely N-dealkylation sites (N-methyl/N-ethyl adjacent to an activating group) is 1. The molecule has 3 aromatic rings. The maximum atomic E-state index is 12.9. The summed E-state index contributed by atoms with van der Waals surface area (Å²) in [4.78, 5) is 25.2. The number of ketones is 1. The van der Waals surface area contributed by atoms with Crippen LogP contribution in [0.3, 0.4) is 0 Å². The van der Waals surface area contributed by atoms with Crippen LogP contribution in [0.4, 0.5) is 5.69 Å². The van der Waals surface area contributed by atoms with E-state index in [-0.39, 0.29) is 18.2 Å². The molecule has 0 fully saturated rings. The summed E-state index contributed by atoms with van der Waals surface area (Å²) in [6.45, 7) is 3.28. The highest BCUT2D eigenvalue weighted by Gasteiger charge is 2.24. The van der Waals surface area contributed by atoms with Gasteiger partial charge in [0.2, 0.25) is 0 Å². The summed E-state index contributed by atoms with van der Waals surface area (Å²) in [5.74, 6) is 1.06. The fourth-order valence-corrected chi connectivity index (χ4v) is 3.86. The van der Waals surface area contributed by atoms with Crippen LogP contribution in [0.5, 0.6) is 11.5 Å². The molecule has 1 aliphatic heterocycles. The fraction of sp³-hybridized carbons (Fsp3) is 0.231. The lowest BCUT2D eigenvalue weighted by Gasteiger charge is -2.28. The molecule has 0 saturated carbocycles. The van der Waals surface area contributed by atoms with Gasteiger partial charge in [0, 0.05) is 37.1 Å². The quantitative estimate of drug-likeness (QED) is 0.445. The molecule has 0 atom stereocenters. The molecule has 0 spiro atoms. The first-order valence-corrected chi connectivity index (χ1v) is 11.2. The van der Waals surface area contributed by atoms with E-state index in [9.17, 15) is 9.59 Å². The second kappa shape index (κ2) is 10.1. The zero-order valence-corrected chi connectivity index (χ0v) is 19.4. The predicted molar refractivity (Wildman–Crippen MR) is 130 cm³/mol. The van der Waals surface area contributed by atoms with Gasteiger partial charge in [0.25, 0.3) is 5.91 Å². The molecule has 3 aromatic carbocycles. The van der Waals surface area contributed by atoms with Gasteiger partial charge in [-0.1, -0.05) is 42.8 Å². The van der Waals surface area contributed by atoms with E-state index in [2.05, 4.69) is 17.4 Å². The molecular weight excluding hydrogens is 438 g/mol. The molecule has 0 unspecified atom stereocenters. The maximum Gasteiger partial charge on any atom is 0.255 e. The van der Waals surface area contributed by atoms with Crippen LogP contribution in [0.15, 0.2) is 66.7 Å². The Morgan fingerprint density at radius 3 is 2.33 bits per heavy atom. The monoisotopic (exact) mass is 463 g/mol. The molecule has 1 N–H and O–H groups in total. The molecule has 0 bridgehead atoms. The number of halogens is 1. The summed E-state index contributed by atoms with van der Waals surface area (Å²) in [7, 11) is 1.78. The Hall–Kier alpha value is -3.35. The molecule has 170 valence electrons. The first kappa shape index (κ1) is 22.8. The van der Waals surface area contributed by atoms with Crippen molar-refractivity contribution in [2.75, 3.05) is 18.9 Å². The molecule has 0 aromatic heterocycles. The Labute approximate surface area is 198 Å². The van der Waals surface area contributed by atoms with E-state index in [4.69, 9.17) is 16.3 Å². The van der Waals surface area contributed by atoms with Gasteiger partial charge in [0.05, 0.1) is 12.2 Å². The van der Waals surface area contributed by atoms with Crippen LogP contribution >= 0.6 is 11.6 Å². The fourth-order valence-electron chi connectivity index (χ4n) is 3.73. The second-order valence-electron chi connectivity index (χ2n) is 7.91. The number of nitrogens with zero attached hydrogens (tertiary/aromatic N) is 2. The van der Waals surface area contributed by atoms with E-state index >= 15 is 0 Å². The van der Waals surface area contributed by atoms with Gasteiger partial charge < -0.3 is 10.1 Å². The number of hydrazine groups is 1. The van der Waals surface area contributed by atoms with Crippen LogP contribution in [0, 0.1) is 0 Å². The number of Topliss-reactive ketones (excluding diaryl/α,β-unsaturated/α-hetero) is 1. The summed E-state index contributed by atoms with van der Waals surface area (Å²) in [6, 6.07) is 20.4. The van der Waals surface area contributed by atoms with Gasteiger partial charge in [-0.05, 0) is 53.6 Å². The Morgan fingerprint density at radius 2 is 1.70 bits per heavy atom. The first-order valence-electron chi connectivity index (χ1n) is 10.9. The molecule has 4 rings (SSSR count). The molecule has 0 aliphatic carbocycles. The van der Waals surface area contributed by atoms with Crippen LogP contribution in [0.25, 0.3) is 0 Å². The second-order valence-corrected chi connectivity index (χ2v) is 8.34. The Balaban J connectivity index is 1.47. The van der Waals surface area contributed by atoms with Gasteiger partial charge >= 0.3 is 0 Å². The van der Waals surface area contributed by atoms with Crippen LogP contribution in [0.2, 0.25) is 5.02 Å². The smallest absolute Gasteiger partial charge is 0.255 e. The van der Waals surface area contributed by atoms with Crippen molar-refractivity contribution < 1.29 is 14.3 Å². The Bertz CT molecular complexity index is 1140. The number of hydrogen-bond acceptors (Lipinski definition) is 5. The third-order valence-electron chi connectivity index (χ3n) is 5.70. The lowest BCUT2D eigenvalue weighted by molar-refractivity contribution is -0.144. The molecule has 0 radical (unpaired) electrons. The summed E-state index contributed by atoms with van der Waals surface area (Å²) in [6.07, 6.45) is 0.397. The van der Waals surface area contributed by atoms with Gasteiger partial charge in [-0.2, -0.15) is 0 Å². The molecule has 1 heterocycles. The summed E-state index contributed by atoms with van der Waals surface area (Å²) >= 11 is 5.96. The third kappa shape index (κ3) is 5.35. The van der Waals surface area contributed by atoms with Crippen LogP contribution < -0.4 is 10.1 Å². The van der Waals surface area contributed by atoms with Crippen LogP contribution in [0.1, 0.15) is 34.8 Å². The standard InChI is InChI=1S/C26H26ClN3O3/c1-3-24(31)18-8-13-25(33-22-11-9-21(27)10-12-22)23(14-18)28-15-26(32)29(2)30-16-19-6-4-5-7-20(19)17-30/h4-14,28H,3,15-17H2,1-2H3. The topological polar surface area (TPSA) is 61.9 Å². The number of fused-ring (bicyclic) bond motifs is 1. The minimum absolute atomic E-state index is 0.0226. The van der Waals surface area contributed by atoms with Crippen molar-refractivity contribution in [1.29, 1.82) is 0 Å². The van der Waals surface area contributed by atoms with E-state index < -0.39 is 0 Å². The number of amides is 1. The summed E-state index contributed by atoms with van der Waals surface area (Å²) < 4.78 is 6.00. The van der Waals surface area contributed by atoms with Crippen molar-refractivity contribution in [2.45, 2.75) is 26.4 Å². The highest BCUT2D eigenvalue weighted by atomic mass is 35.5. The van der Waals surface area contributed by atoms with Gasteiger partial charge in [0.1, 0.15) is 5.75 Å². The summed E-state index contributed by atoms with van der Waals surface area (Å²) in [5.41, 5.74) is 3.61. The maximum absolute atomic E-state index is 12.9. The molecule has 33 heavy (non-hydrogen) atoms. The normalized spacial score (nSPS) is 12.8. The number of carbonyl (C=O) groups is 2. The first-order chi connectivity index (χ1) is 15.9. The van der Waals surface area contributed by atoms with Crippen molar-refractivity contribution in [2.24, 2.45) is 0 Å². The molecular formula is C26H26ClN3O3. The lowest BCUT2D eigenvalue weighted by atomic mass is 10.1. The van der Waals surface area contributed by atoms with Crippen molar-refractivity contribution in [3.05, 3.63) is 88.4 Å².